The first-order valence-corrected chi connectivity index (χ1v) is 12.5. The van der Waals surface area contributed by atoms with Gasteiger partial charge in [0, 0.05) is 41.9 Å². The molecule has 1 aliphatic heterocycles. The number of aromatic nitrogens is 4. The Kier molecular flexibility index (Phi) is 5.88. The van der Waals surface area contributed by atoms with Gasteiger partial charge in [-0.25, -0.2) is 9.97 Å². The van der Waals surface area contributed by atoms with Crippen LogP contribution in [0.2, 0.25) is 0 Å². The molecule has 0 atom stereocenters. The van der Waals surface area contributed by atoms with Gasteiger partial charge >= 0.3 is 0 Å². The molecule has 1 aliphatic rings. The number of pyridine rings is 2. The smallest absolute Gasteiger partial charge is 0.269 e. The molecule has 0 spiro atoms. The lowest BCUT2D eigenvalue weighted by atomic mass is 9.94. The number of amides is 1. The highest BCUT2D eigenvalue weighted by Gasteiger charge is 2.20. The summed E-state index contributed by atoms with van der Waals surface area (Å²) in [5.41, 5.74) is 17.8. The van der Waals surface area contributed by atoms with Crippen LogP contribution in [0, 0.1) is 6.92 Å². The topological polar surface area (TPSA) is 136 Å². The maximum Gasteiger partial charge on any atom is 0.269 e. The van der Waals surface area contributed by atoms with Crippen LogP contribution in [-0.4, -0.2) is 39.2 Å². The molecule has 2 aromatic carbocycles. The third-order valence-electron chi connectivity index (χ3n) is 6.89. The van der Waals surface area contributed by atoms with E-state index >= 15 is 0 Å². The molecule has 0 bridgehead atoms. The van der Waals surface area contributed by atoms with Crippen molar-refractivity contribution in [1.82, 2.24) is 20.2 Å². The maximum absolute atomic E-state index is 12.3. The standard InChI is InChI=1S/C29H27N7O2/c1-17-10-11-22-21(16-32-35-22)26(17)20-15-24(34-28(27(20)30)29(31)37)23-8-5-9-25(33-23)38-19-7-4-6-18(14-19)36-12-2-3-13-36/h4-11,14-16H,2-3,12-13,30H2,1H3,(H2,31,37)(H,32,35). The number of nitrogens with one attached hydrogen (secondary N) is 1. The molecule has 1 amide bonds. The summed E-state index contributed by atoms with van der Waals surface area (Å²) in [4.78, 5) is 23.9. The molecule has 5 N–H and O–H groups in total. The van der Waals surface area contributed by atoms with Crippen molar-refractivity contribution in [3.63, 3.8) is 0 Å². The van der Waals surface area contributed by atoms with Gasteiger partial charge in [-0.1, -0.05) is 18.2 Å². The molecule has 9 nitrogen and oxygen atoms in total. The van der Waals surface area contributed by atoms with Crippen LogP contribution in [-0.2, 0) is 0 Å². The number of fused-ring (bicyclic) bond motifs is 1. The second-order valence-electron chi connectivity index (χ2n) is 9.42. The minimum Gasteiger partial charge on any atom is -0.439 e. The van der Waals surface area contributed by atoms with Gasteiger partial charge in [0.05, 0.1) is 28.8 Å². The van der Waals surface area contributed by atoms with E-state index in [4.69, 9.17) is 21.2 Å². The number of anilines is 2. The molecule has 1 saturated heterocycles. The summed E-state index contributed by atoms with van der Waals surface area (Å²) in [6.07, 6.45) is 4.14. The summed E-state index contributed by atoms with van der Waals surface area (Å²) >= 11 is 0. The molecule has 1 fully saturated rings. The second-order valence-corrected chi connectivity index (χ2v) is 9.42. The molecule has 0 unspecified atom stereocenters. The lowest BCUT2D eigenvalue weighted by molar-refractivity contribution is 0.0996. The molecule has 0 saturated carbocycles. The zero-order chi connectivity index (χ0) is 26.2. The summed E-state index contributed by atoms with van der Waals surface area (Å²) in [5, 5.41) is 8.04. The highest BCUT2D eigenvalue weighted by molar-refractivity contribution is 6.05. The Balaban J connectivity index is 1.41. The summed E-state index contributed by atoms with van der Waals surface area (Å²) < 4.78 is 6.13. The van der Waals surface area contributed by atoms with E-state index in [0.29, 0.717) is 28.6 Å². The molecule has 38 heavy (non-hydrogen) atoms. The van der Waals surface area contributed by atoms with Crippen LogP contribution < -0.4 is 21.1 Å². The number of ether oxygens (including phenoxy) is 1. The molecule has 9 heteroatoms. The highest BCUT2D eigenvalue weighted by atomic mass is 16.5. The van der Waals surface area contributed by atoms with Crippen molar-refractivity contribution in [2.75, 3.05) is 23.7 Å². The first-order chi connectivity index (χ1) is 18.5. The lowest BCUT2D eigenvalue weighted by Gasteiger charge is -2.18. The number of carbonyl (C=O) groups is 1. The second kappa shape index (κ2) is 9.51. The predicted molar refractivity (Wildman–Crippen MR) is 148 cm³/mol. The molecule has 6 rings (SSSR count). The van der Waals surface area contributed by atoms with Gasteiger partial charge in [0.25, 0.3) is 5.91 Å². The fourth-order valence-corrected chi connectivity index (χ4v) is 5.02. The van der Waals surface area contributed by atoms with Gasteiger partial charge in [-0.2, -0.15) is 5.10 Å². The van der Waals surface area contributed by atoms with E-state index < -0.39 is 5.91 Å². The Morgan fingerprint density at radius 3 is 2.63 bits per heavy atom. The number of hydrogen-bond donors (Lipinski definition) is 3. The van der Waals surface area contributed by atoms with Crippen molar-refractivity contribution in [3.05, 3.63) is 78.1 Å². The van der Waals surface area contributed by atoms with Gasteiger partial charge in [-0.3, -0.25) is 9.89 Å². The predicted octanol–water partition coefficient (Wildman–Crippen LogP) is 5.07. The van der Waals surface area contributed by atoms with Crippen molar-refractivity contribution in [1.29, 1.82) is 0 Å². The number of benzene rings is 2. The van der Waals surface area contributed by atoms with Gasteiger partial charge in [0.2, 0.25) is 5.88 Å². The minimum atomic E-state index is -0.714. The van der Waals surface area contributed by atoms with Crippen LogP contribution in [0.3, 0.4) is 0 Å². The average molecular weight is 506 g/mol. The molecule has 0 aliphatic carbocycles. The number of carbonyl (C=O) groups excluding carboxylic acids is 1. The van der Waals surface area contributed by atoms with Crippen LogP contribution >= 0.6 is 0 Å². The Morgan fingerprint density at radius 2 is 1.82 bits per heavy atom. The summed E-state index contributed by atoms with van der Waals surface area (Å²) in [5.74, 6) is 0.397. The highest BCUT2D eigenvalue weighted by Crippen LogP contribution is 2.38. The number of aryl methyl sites for hydroxylation is 1. The zero-order valence-corrected chi connectivity index (χ0v) is 20.9. The fourth-order valence-electron chi connectivity index (χ4n) is 5.02. The Bertz CT molecular complexity index is 1670. The van der Waals surface area contributed by atoms with Gasteiger partial charge in [-0.05, 0) is 61.2 Å². The van der Waals surface area contributed by atoms with E-state index in [1.54, 1.807) is 12.3 Å². The largest absolute Gasteiger partial charge is 0.439 e. The number of aromatic amines is 1. The van der Waals surface area contributed by atoms with E-state index in [0.717, 1.165) is 40.8 Å². The fraction of sp³-hybridized carbons (Fsp3) is 0.172. The first-order valence-electron chi connectivity index (χ1n) is 12.5. The first kappa shape index (κ1) is 23.5. The molecule has 190 valence electrons. The van der Waals surface area contributed by atoms with Gasteiger partial charge in [-0.15, -0.1) is 0 Å². The van der Waals surface area contributed by atoms with Crippen molar-refractivity contribution in [2.45, 2.75) is 19.8 Å². The number of nitrogens with two attached hydrogens (primary N) is 2. The van der Waals surface area contributed by atoms with Gasteiger partial charge in [0.1, 0.15) is 5.75 Å². The van der Waals surface area contributed by atoms with Crippen LogP contribution in [0.5, 0.6) is 11.6 Å². The molecular formula is C29H27N7O2. The van der Waals surface area contributed by atoms with Crippen LogP contribution in [0.4, 0.5) is 11.4 Å². The number of H-pyrrole nitrogens is 1. The third-order valence-corrected chi connectivity index (χ3v) is 6.89. The van der Waals surface area contributed by atoms with E-state index in [1.807, 2.05) is 55.5 Å². The maximum atomic E-state index is 12.3. The number of nitrogen functional groups attached to an aromatic ring is 1. The van der Waals surface area contributed by atoms with E-state index in [-0.39, 0.29) is 11.4 Å². The normalized spacial score (nSPS) is 13.2. The van der Waals surface area contributed by atoms with E-state index in [1.165, 1.54) is 12.8 Å². The number of hydrogen-bond acceptors (Lipinski definition) is 7. The van der Waals surface area contributed by atoms with Crippen LogP contribution in [0.25, 0.3) is 33.4 Å². The molecular weight excluding hydrogens is 478 g/mol. The minimum absolute atomic E-state index is 0.0103. The SMILES string of the molecule is Cc1ccc2[nH]ncc2c1-c1cc(-c2cccc(Oc3cccc(N4CCCC4)c3)n2)nc(C(N)=O)c1N. The number of nitrogens with zero attached hydrogens (tertiary/aromatic N) is 4. The lowest BCUT2D eigenvalue weighted by Crippen LogP contribution is -2.17. The summed E-state index contributed by atoms with van der Waals surface area (Å²) in [6.45, 7) is 4.08. The molecule has 0 radical (unpaired) electrons. The quantitative estimate of drug-likeness (QED) is 0.293. The van der Waals surface area contributed by atoms with Crippen molar-refractivity contribution in [3.8, 4) is 34.1 Å². The average Bonchev–Trinajstić information content (AvgIpc) is 3.62. The zero-order valence-electron chi connectivity index (χ0n) is 20.9. The van der Waals surface area contributed by atoms with Gasteiger partial charge in [0.15, 0.2) is 5.69 Å². The van der Waals surface area contributed by atoms with Gasteiger partial charge < -0.3 is 21.1 Å². The van der Waals surface area contributed by atoms with Crippen LogP contribution in [0.1, 0.15) is 28.9 Å². The Hall–Kier alpha value is -4.92. The summed E-state index contributed by atoms with van der Waals surface area (Å²) in [7, 11) is 0. The Labute approximate surface area is 219 Å². The summed E-state index contributed by atoms with van der Waals surface area (Å²) in [6, 6.07) is 19.2. The number of primary amides is 1. The number of rotatable bonds is 6. The molecule has 5 aromatic rings. The van der Waals surface area contributed by atoms with Crippen molar-refractivity contribution >= 4 is 28.2 Å². The Morgan fingerprint density at radius 1 is 1.00 bits per heavy atom. The monoisotopic (exact) mass is 505 g/mol. The van der Waals surface area contributed by atoms with Crippen molar-refractivity contribution < 1.29 is 9.53 Å². The van der Waals surface area contributed by atoms with E-state index in [9.17, 15) is 4.79 Å². The third kappa shape index (κ3) is 4.28. The molecule has 3 aromatic heterocycles. The van der Waals surface area contributed by atoms with Crippen LogP contribution in [0.15, 0.2) is 66.9 Å². The van der Waals surface area contributed by atoms with E-state index in [2.05, 4.69) is 26.1 Å². The molecule has 4 heterocycles. The van der Waals surface area contributed by atoms with Crippen molar-refractivity contribution in [2.24, 2.45) is 5.73 Å².